The number of nitrogens with zero attached hydrogens (tertiary/aromatic N) is 1. The number of aliphatic hydroxyl groups excluding tert-OH is 1. The average molecular weight is 455 g/mol. The zero-order valence-electron chi connectivity index (χ0n) is 19.4. The van der Waals surface area contributed by atoms with Crippen LogP contribution in [0.15, 0.2) is 30.3 Å². The summed E-state index contributed by atoms with van der Waals surface area (Å²) < 4.78 is 17.2. The number of aliphatic hydroxyl groups is 1. The molecule has 8 nitrogen and oxygen atoms in total. The molecule has 4 rings (SSSR count). The van der Waals surface area contributed by atoms with Crippen molar-refractivity contribution in [1.29, 1.82) is 0 Å². The lowest BCUT2D eigenvalue weighted by atomic mass is 9.91. The highest BCUT2D eigenvalue weighted by atomic mass is 16.5. The van der Waals surface area contributed by atoms with E-state index in [-0.39, 0.29) is 13.2 Å². The van der Waals surface area contributed by atoms with Crippen LogP contribution in [0.4, 0.5) is 4.79 Å². The van der Waals surface area contributed by atoms with Gasteiger partial charge in [-0.15, -0.1) is 0 Å². The summed E-state index contributed by atoms with van der Waals surface area (Å²) in [7, 11) is 0. The van der Waals surface area contributed by atoms with Gasteiger partial charge >= 0.3 is 6.03 Å². The van der Waals surface area contributed by atoms with Crippen LogP contribution in [0.3, 0.4) is 0 Å². The largest absolute Gasteiger partial charge is 0.490 e. The Labute approximate surface area is 193 Å². The Morgan fingerprint density at radius 3 is 2.55 bits per heavy atom. The maximum Gasteiger partial charge on any atom is 0.325 e. The van der Waals surface area contributed by atoms with E-state index in [1.807, 2.05) is 32.9 Å². The van der Waals surface area contributed by atoms with Crippen molar-refractivity contribution in [2.45, 2.75) is 45.8 Å². The molecule has 2 aliphatic rings. The first kappa shape index (κ1) is 22.9. The van der Waals surface area contributed by atoms with E-state index in [1.165, 1.54) is 0 Å². The lowest BCUT2D eigenvalue weighted by molar-refractivity contribution is -0.132. The first-order valence-corrected chi connectivity index (χ1v) is 11.1. The van der Waals surface area contributed by atoms with Crippen molar-refractivity contribution < 1.29 is 28.9 Å². The molecule has 3 amide bonds. The molecule has 8 heteroatoms. The van der Waals surface area contributed by atoms with Crippen LogP contribution >= 0.6 is 0 Å². The van der Waals surface area contributed by atoms with Gasteiger partial charge in [-0.2, -0.15) is 0 Å². The number of imide groups is 1. The Morgan fingerprint density at radius 2 is 1.79 bits per heavy atom. The highest BCUT2D eigenvalue weighted by Crippen LogP contribution is 2.36. The molecule has 0 aliphatic carbocycles. The minimum absolute atomic E-state index is 0.0388. The van der Waals surface area contributed by atoms with E-state index in [1.54, 1.807) is 25.1 Å². The fraction of sp³-hybridized carbons (Fsp3) is 0.440. The fourth-order valence-corrected chi connectivity index (χ4v) is 4.12. The third kappa shape index (κ3) is 4.35. The molecule has 0 spiro atoms. The zero-order chi connectivity index (χ0) is 23.8. The van der Waals surface area contributed by atoms with Crippen molar-refractivity contribution in [3.05, 3.63) is 52.6 Å². The van der Waals surface area contributed by atoms with E-state index in [0.29, 0.717) is 36.0 Å². The van der Waals surface area contributed by atoms with Crippen molar-refractivity contribution in [2.24, 2.45) is 0 Å². The Morgan fingerprint density at radius 1 is 1.09 bits per heavy atom. The second-order valence-corrected chi connectivity index (χ2v) is 8.80. The Hall–Kier alpha value is -3.26. The van der Waals surface area contributed by atoms with E-state index in [0.717, 1.165) is 28.0 Å². The second-order valence-electron chi connectivity index (χ2n) is 8.80. The molecule has 1 saturated heterocycles. The molecule has 2 aliphatic heterocycles. The van der Waals surface area contributed by atoms with E-state index in [4.69, 9.17) is 14.2 Å². The summed E-state index contributed by atoms with van der Waals surface area (Å²) in [4.78, 5) is 27.0. The quantitative estimate of drug-likeness (QED) is 0.652. The molecule has 0 bridgehead atoms. The van der Waals surface area contributed by atoms with Crippen molar-refractivity contribution in [3.63, 3.8) is 0 Å². The molecule has 2 heterocycles. The van der Waals surface area contributed by atoms with Gasteiger partial charge in [-0.1, -0.05) is 18.2 Å². The number of ether oxygens (including phenoxy) is 3. The number of carbonyl (C=O) groups is 2. The van der Waals surface area contributed by atoms with Gasteiger partial charge in [-0.3, -0.25) is 9.69 Å². The summed E-state index contributed by atoms with van der Waals surface area (Å²) >= 11 is 0. The maximum absolute atomic E-state index is 13.3. The van der Waals surface area contributed by atoms with Gasteiger partial charge in [-0.05, 0) is 62.1 Å². The SMILES string of the molecule is Cc1ccc(C)c(OC[C@H](O)CN2C(=O)N[C@](C)(c3ccc4c(c3)OCCCO4)C2=O)c1C. The van der Waals surface area contributed by atoms with Crippen LogP contribution < -0.4 is 19.5 Å². The number of hydrogen-bond donors (Lipinski definition) is 2. The van der Waals surface area contributed by atoms with Gasteiger partial charge in [0.2, 0.25) is 0 Å². The first-order valence-electron chi connectivity index (χ1n) is 11.1. The molecule has 0 radical (unpaired) electrons. The summed E-state index contributed by atoms with van der Waals surface area (Å²) in [6.45, 7) is 8.41. The summed E-state index contributed by atoms with van der Waals surface area (Å²) in [6.07, 6.45) is -0.267. The van der Waals surface area contributed by atoms with Gasteiger partial charge in [0.05, 0.1) is 19.8 Å². The van der Waals surface area contributed by atoms with E-state index >= 15 is 0 Å². The minimum atomic E-state index is -1.27. The highest BCUT2D eigenvalue weighted by Gasteiger charge is 2.49. The zero-order valence-corrected chi connectivity index (χ0v) is 19.4. The van der Waals surface area contributed by atoms with Gasteiger partial charge in [0, 0.05) is 6.42 Å². The second kappa shape index (κ2) is 8.94. The number of urea groups is 1. The number of rotatable bonds is 6. The molecule has 33 heavy (non-hydrogen) atoms. The van der Waals surface area contributed by atoms with Crippen LogP contribution in [-0.2, 0) is 10.3 Å². The molecule has 0 saturated carbocycles. The predicted octanol–water partition coefficient (Wildman–Crippen LogP) is 2.98. The van der Waals surface area contributed by atoms with Gasteiger partial charge in [0.25, 0.3) is 5.91 Å². The third-order valence-corrected chi connectivity index (χ3v) is 6.29. The summed E-state index contributed by atoms with van der Waals surface area (Å²) in [5.41, 5.74) is 2.36. The van der Waals surface area contributed by atoms with Gasteiger partial charge in [0.1, 0.15) is 24.0 Å². The summed E-state index contributed by atoms with van der Waals surface area (Å²) in [5.74, 6) is 1.43. The van der Waals surface area contributed by atoms with Crippen LogP contribution in [-0.4, -0.2) is 54.4 Å². The predicted molar refractivity (Wildman–Crippen MR) is 122 cm³/mol. The molecule has 1 fully saturated rings. The number of carbonyl (C=O) groups excluding carboxylic acids is 2. The minimum Gasteiger partial charge on any atom is -0.490 e. The van der Waals surface area contributed by atoms with Crippen LogP contribution in [0.2, 0.25) is 0 Å². The Bertz CT molecular complexity index is 1080. The Balaban J connectivity index is 1.46. The summed E-state index contributed by atoms with van der Waals surface area (Å²) in [6, 6.07) is 8.64. The monoisotopic (exact) mass is 454 g/mol. The molecule has 2 atom stereocenters. The highest BCUT2D eigenvalue weighted by molar-refractivity contribution is 6.07. The van der Waals surface area contributed by atoms with Crippen molar-refractivity contribution in [1.82, 2.24) is 10.2 Å². The van der Waals surface area contributed by atoms with Crippen molar-refractivity contribution in [3.8, 4) is 17.2 Å². The van der Waals surface area contributed by atoms with Crippen LogP contribution in [0, 0.1) is 20.8 Å². The molecular weight excluding hydrogens is 424 g/mol. The third-order valence-electron chi connectivity index (χ3n) is 6.29. The molecule has 176 valence electrons. The standard InChI is InChI=1S/C25H30N2O6/c1-15-6-7-16(2)22(17(15)3)33-14-19(28)13-27-23(29)25(4,26-24(27)30)18-8-9-20-21(12-18)32-11-5-10-31-20/h6-9,12,19,28H,5,10-11,13-14H2,1-4H3,(H,26,30)/t19-,25-/m1/s1. The average Bonchev–Trinajstić information content (AvgIpc) is 2.95. The van der Waals surface area contributed by atoms with E-state index in [9.17, 15) is 14.7 Å². The maximum atomic E-state index is 13.3. The van der Waals surface area contributed by atoms with Gasteiger partial charge in [-0.25, -0.2) is 4.79 Å². The van der Waals surface area contributed by atoms with Gasteiger partial charge in [0.15, 0.2) is 11.5 Å². The van der Waals surface area contributed by atoms with E-state index in [2.05, 4.69) is 5.32 Å². The number of benzene rings is 2. The van der Waals surface area contributed by atoms with Crippen molar-refractivity contribution in [2.75, 3.05) is 26.4 Å². The number of nitrogens with one attached hydrogen (secondary N) is 1. The number of hydrogen-bond acceptors (Lipinski definition) is 6. The number of amides is 3. The van der Waals surface area contributed by atoms with Crippen LogP contribution in [0.25, 0.3) is 0 Å². The summed E-state index contributed by atoms with van der Waals surface area (Å²) in [5, 5.41) is 13.3. The first-order chi connectivity index (χ1) is 15.7. The topological polar surface area (TPSA) is 97.3 Å². The molecule has 0 unspecified atom stereocenters. The smallest absolute Gasteiger partial charge is 0.325 e. The number of β-amino-alcohol motifs (C(OH)–C–C–N with tert-alkyl or cyclic N) is 1. The number of aryl methyl sites for hydroxylation is 2. The van der Waals surface area contributed by atoms with Crippen molar-refractivity contribution >= 4 is 11.9 Å². The van der Waals surface area contributed by atoms with Crippen LogP contribution in [0.5, 0.6) is 17.2 Å². The fourth-order valence-electron chi connectivity index (χ4n) is 4.12. The molecule has 2 aromatic rings. The van der Waals surface area contributed by atoms with Gasteiger partial charge < -0.3 is 24.6 Å². The molecule has 2 aromatic carbocycles. The molecule has 0 aromatic heterocycles. The lowest BCUT2D eigenvalue weighted by Gasteiger charge is -2.24. The van der Waals surface area contributed by atoms with Crippen LogP contribution in [0.1, 0.15) is 35.6 Å². The molecular formula is C25H30N2O6. The lowest BCUT2D eigenvalue weighted by Crippen LogP contribution is -2.42. The molecule has 2 N–H and O–H groups in total. The Kier molecular flexibility index (Phi) is 6.21. The van der Waals surface area contributed by atoms with E-state index < -0.39 is 23.6 Å². The number of fused-ring (bicyclic) bond motifs is 1. The normalized spacial score (nSPS) is 20.9.